The van der Waals surface area contributed by atoms with Gasteiger partial charge in [-0.05, 0) is 36.0 Å². The highest BCUT2D eigenvalue weighted by atomic mass is 19.2. The Labute approximate surface area is 124 Å². The molecule has 1 unspecified atom stereocenters. The molecule has 0 aliphatic carbocycles. The monoisotopic (exact) mass is 286 g/mol. The highest BCUT2D eigenvalue weighted by Gasteiger charge is 2.03. The SMILES string of the molecule is CC.CCCC(C)C(C)C.CCc1ccc(F)c(F)c1. The lowest BCUT2D eigenvalue weighted by atomic mass is 9.94. The van der Waals surface area contributed by atoms with Gasteiger partial charge in [0.05, 0.1) is 0 Å². The third-order valence-electron chi connectivity index (χ3n) is 3.27. The summed E-state index contributed by atoms with van der Waals surface area (Å²) in [5, 5.41) is 0. The van der Waals surface area contributed by atoms with Crippen LogP contribution in [0.25, 0.3) is 0 Å². The normalized spacial score (nSPS) is 11.1. The van der Waals surface area contributed by atoms with Gasteiger partial charge in [0.15, 0.2) is 11.6 Å². The van der Waals surface area contributed by atoms with Crippen molar-refractivity contribution in [3.05, 3.63) is 35.4 Å². The van der Waals surface area contributed by atoms with Gasteiger partial charge in [0.2, 0.25) is 0 Å². The van der Waals surface area contributed by atoms with Crippen molar-refractivity contribution < 1.29 is 8.78 Å². The number of rotatable bonds is 4. The molecule has 0 fully saturated rings. The molecule has 0 aliphatic heterocycles. The average molecular weight is 286 g/mol. The number of benzene rings is 1. The fourth-order valence-corrected chi connectivity index (χ4v) is 1.55. The minimum atomic E-state index is -0.780. The van der Waals surface area contributed by atoms with E-state index in [9.17, 15) is 8.78 Å². The van der Waals surface area contributed by atoms with Crippen molar-refractivity contribution >= 4 is 0 Å². The maximum atomic E-state index is 12.4. The Morgan fingerprint density at radius 3 is 1.80 bits per heavy atom. The Hall–Kier alpha value is -0.920. The molecule has 0 saturated carbocycles. The molecule has 0 saturated heterocycles. The Morgan fingerprint density at radius 1 is 0.950 bits per heavy atom. The lowest BCUT2D eigenvalue weighted by molar-refractivity contribution is 0.389. The average Bonchev–Trinajstić information content (AvgIpc) is 2.45. The molecule has 0 amide bonds. The van der Waals surface area contributed by atoms with Crippen LogP contribution in [0.2, 0.25) is 0 Å². The number of aryl methyl sites for hydroxylation is 1. The Balaban J connectivity index is 0. The van der Waals surface area contributed by atoms with E-state index in [-0.39, 0.29) is 0 Å². The van der Waals surface area contributed by atoms with E-state index in [1.165, 1.54) is 18.9 Å². The summed E-state index contributed by atoms with van der Waals surface area (Å²) in [4.78, 5) is 0. The number of hydrogen-bond donors (Lipinski definition) is 0. The summed E-state index contributed by atoms with van der Waals surface area (Å²) in [6, 6.07) is 3.95. The molecule has 1 atom stereocenters. The Bertz CT molecular complexity index is 332. The highest BCUT2D eigenvalue weighted by Crippen LogP contribution is 2.14. The Kier molecular flexibility index (Phi) is 14.0. The second kappa shape index (κ2) is 13.1. The maximum Gasteiger partial charge on any atom is 0.159 e. The summed E-state index contributed by atoms with van der Waals surface area (Å²) in [5.74, 6) is 0.242. The van der Waals surface area contributed by atoms with E-state index in [1.54, 1.807) is 6.07 Å². The van der Waals surface area contributed by atoms with Crippen molar-refractivity contribution in [3.8, 4) is 0 Å². The van der Waals surface area contributed by atoms with Crippen molar-refractivity contribution in [2.45, 2.75) is 67.7 Å². The fraction of sp³-hybridized carbons (Fsp3) is 0.667. The van der Waals surface area contributed by atoms with Gasteiger partial charge in [-0.1, -0.05) is 67.4 Å². The quantitative estimate of drug-likeness (QED) is 0.582. The summed E-state index contributed by atoms with van der Waals surface area (Å²) in [5.41, 5.74) is 0.818. The van der Waals surface area contributed by atoms with Gasteiger partial charge < -0.3 is 0 Å². The third-order valence-corrected chi connectivity index (χ3v) is 3.27. The summed E-state index contributed by atoms with van der Waals surface area (Å²) in [6.07, 6.45) is 3.45. The molecule has 0 heterocycles. The molecule has 0 nitrogen and oxygen atoms in total. The zero-order valence-corrected chi connectivity index (χ0v) is 14.3. The van der Waals surface area contributed by atoms with Crippen LogP contribution in [0, 0.1) is 23.5 Å². The van der Waals surface area contributed by atoms with E-state index < -0.39 is 11.6 Å². The van der Waals surface area contributed by atoms with Gasteiger partial charge >= 0.3 is 0 Å². The van der Waals surface area contributed by atoms with E-state index in [4.69, 9.17) is 0 Å². The van der Waals surface area contributed by atoms with Crippen molar-refractivity contribution in [2.24, 2.45) is 11.8 Å². The zero-order chi connectivity index (χ0) is 16.1. The number of hydrogen-bond acceptors (Lipinski definition) is 0. The largest absolute Gasteiger partial charge is 0.204 e. The van der Waals surface area contributed by atoms with Crippen LogP contribution >= 0.6 is 0 Å². The van der Waals surface area contributed by atoms with Gasteiger partial charge in [0, 0.05) is 0 Å². The molecule has 118 valence electrons. The van der Waals surface area contributed by atoms with Crippen LogP contribution in [0.4, 0.5) is 8.78 Å². The predicted molar refractivity (Wildman–Crippen MR) is 86.0 cm³/mol. The third kappa shape index (κ3) is 9.94. The second-order valence-corrected chi connectivity index (χ2v) is 5.11. The molecule has 1 rings (SSSR count). The van der Waals surface area contributed by atoms with Crippen LogP contribution < -0.4 is 0 Å². The van der Waals surface area contributed by atoms with Gasteiger partial charge in [0.25, 0.3) is 0 Å². The summed E-state index contributed by atoms with van der Waals surface area (Å²) in [7, 11) is 0. The summed E-state index contributed by atoms with van der Waals surface area (Å²) < 4.78 is 24.7. The van der Waals surface area contributed by atoms with Crippen LogP contribution in [0.1, 0.15) is 66.9 Å². The minimum Gasteiger partial charge on any atom is -0.204 e. The lowest BCUT2D eigenvalue weighted by Crippen LogP contribution is -2.02. The first kappa shape index (κ1) is 21.4. The van der Waals surface area contributed by atoms with Crippen LogP contribution in [-0.4, -0.2) is 0 Å². The van der Waals surface area contributed by atoms with Gasteiger partial charge in [-0.15, -0.1) is 0 Å². The lowest BCUT2D eigenvalue weighted by Gasteiger charge is -2.12. The molecular weight excluding hydrogens is 254 g/mol. The molecule has 20 heavy (non-hydrogen) atoms. The van der Waals surface area contributed by atoms with Crippen molar-refractivity contribution in [1.29, 1.82) is 0 Å². The summed E-state index contributed by atoms with van der Waals surface area (Å²) >= 11 is 0. The smallest absolute Gasteiger partial charge is 0.159 e. The van der Waals surface area contributed by atoms with E-state index in [1.807, 2.05) is 20.8 Å². The zero-order valence-electron chi connectivity index (χ0n) is 14.3. The standard InChI is InChI=1S/C8H8F2.C8H18.C2H6/c1-2-6-3-4-7(9)8(10)5-6;1-5-6-8(4)7(2)3;1-2/h3-5H,2H2,1H3;7-8H,5-6H2,1-4H3;1-2H3. The molecule has 0 aliphatic rings. The van der Waals surface area contributed by atoms with Gasteiger partial charge in [-0.3, -0.25) is 0 Å². The van der Waals surface area contributed by atoms with E-state index in [2.05, 4.69) is 27.7 Å². The van der Waals surface area contributed by atoms with E-state index in [0.717, 1.165) is 29.9 Å². The van der Waals surface area contributed by atoms with Crippen LogP contribution in [0.3, 0.4) is 0 Å². The van der Waals surface area contributed by atoms with E-state index in [0.29, 0.717) is 0 Å². The van der Waals surface area contributed by atoms with Crippen LogP contribution in [-0.2, 0) is 6.42 Å². The first-order chi connectivity index (χ1) is 9.42. The molecule has 0 aromatic heterocycles. The molecule has 0 bridgehead atoms. The van der Waals surface area contributed by atoms with Gasteiger partial charge in [-0.25, -0.2) is 8.78 Å². The van der Waals surface area contributed by atoms with Crippen molar-refractivity contribution in [1.82, 2.24) is 0 Å². The minimum absolute atomic E-state index is 0.733. The highest BCUT2D eigenvalue weighted by molar-refractivity contribution is 5.17. The molecule has 0 radical (unpaired) electrons. The first-order valence-corrected chi connectivity index (χ1v) is 7.86. The van der Waals surface area contributed by atoms with Gasteiger partial charge in [0.1, 0.15) is 0 Å². The van der Waals surface area contributed by atoms with Crippen LogP contribution in [0.15, 0.2) is 18.2 Å². The second-order valence-electron chi connectivity index (χ2n) is 5.11. The van der Waals surface area contributed by atoms with Crippen molar-refractivity contribution in [3.63, 3.8) is 0 Å². The number of halogens is 2. The van der Waals surface area contributed by atoms with Crippen LogP contribution in [0.5, 0.6) is 0 Å². The molecule has 1 aromatic carbocycles. The maximum absolute atomic E-state index is 12.4. The van der Waals surface area contributed by atoms with E-state index >= 15 is 0 Å². The molecular formula is C18H32F2. The molecule has 0 N–H and O–H groups in total. The Morgan fingerprint density at radius 2 is 1.50 bits per heavy atom. The van der Waals surface area contributed by atoms with Gasteiger partial charge in [-0.2, -0.15) is 0 Å². The predicted octanol–water partition coefficient (Wildman–Crippen LogP) is 6.63. The molecule has 0 spiro atoms. The first-order valence-electron chi connectivity index (χ1n) is 7.86. The molecule has 1 aromatic rings. The molecule has 2 heteroatoms. The topological polar surface area (TPSA) is 0 Å². The summed E-state index contributed by atoms with van der Waals surface area (Å²) in [6.45, 7) is 15.1. The van der Waals surface area contributed by atoms with Crippen molar-refractivity contribution in [2.75, 3.05) is 0 Å². The fourth-order valence-electron chi connectivity index (χ4n) is 1.55.